The highest BCUT2D eigenvalue weighted by atomic mass is 31.1. The molecule has 0 aromatic rings. The van der Waals surface area contributed by atoms with Crippen molar-refractivity contribution < 1.29 is 0 Å². The molecule has 0 spiro atoms. The summed E-state index contributed by atoms with van der Waals surface area (Å²) >= 11 is 0. The Hall–Kier alpha value is 0.820. The van der Waals surface area contributed by atoms with Crippen molar-refractivity contribution in [2.75, 3.05) is 25.4 Å². The molecule has 3 heteroatoms. The van der Waals surface area contributed by atoms with Crippen molar-refractivity contribution in [3.63, 3.8) is 0 Å². The van der Waals surface area contributed by atoms with Crippen LogP contribution in [-0.4, -0.2) is 48.0 Å². The third-order valence-electron chi connectivity index (χ3n) is 9.48. The highest BCUT2D eigenvalue weighted by Crippen LogP contribution is 2.56. The van der Waals surface area contributed by atoms with Crippen LogP contribution in [0, 0.1) is 0 Å². The second-order valence-corrected chi connectivity index (χ2v) is 17.8. The lowest BCUT2D eigenvalue weighted by atomic mass is 9.99. The van der Waals surface area contributed by atoms with E-state index < -0.39 is 0 Å². The van der Waals surface area contributed by atoms with Crippen molar-refractivity contribution in [1.29, 1.82) is 0 Å². The minimum absolute atomic E-state index is 0.144. The molecule has 4 aliphatic carbocycles. The molecule has 0 saturated heterocycles. The van der Waals surface area contributed by atoms with E-state index in [0.29, 0.717) is 7.92 Å². The molecular formula is C28H54NP2+. The van der Waals surface area contributed by atoms with E-state index >= 15 is 0 Å². The van der Waals surface area contributed by atoms with E-state index in [9.17, 15) is 0 Å². The Morgan fingerprint density at radius 1 is 0.516 bits per heavy atom. The van der Waals surface area contributed by atoms with E-state index in [1.54, 1.807) is 89.4 Å². The third kappa shape index (κ3) is 7.93. The second kappa shape index (κ2) is 14.3. The van der Waals surface area contributed by atoms with E-state index in [0.717, 1.165) is 11.3 Å². The van der Waals surface area contributed by atoms with Crippen LogP contribution in [-0.2, 0) is 0 Å². The highest BCUT2D eigenvalue weighted by Gasteiger charge is 2.37. The van der Waals surface area contributed by atoms with Crippen molar-refractivity contribution in [2.45, 2.75) is 151 Å². The highest BCUT2D eigenvalue weighted by molar-refractivity contribution is 7.59. The van der Waals surface area contributed by atoms with Gasteiger partial charge in [0, 0.05) is 14.5 Å². The number of rotatable bonds is 10. The van der Waals surface area contributed by atoms with Gasteiger partial charge in [0.2, 0.25) is 0 Å². The van der Waals surface area contributed by atoms with Gasteiger partial charge in [-0.1, -0.05) is 59.3 Å². The summed E-state index contributed by atoms with van der Waals surface area (Å²) in [5, 5.41) is 4.04. The molecule has 1 N–H and O–H groups in total. The standard InChI is InChI=1S/C28H53NP2/c1-5-13-25(14-6-1)30(26-15-7-2-8-16-26)23-21-29-22-24-31(27-17-9-3-10-18-27)28-19-11-4-12-20-28/h25-29H,1-24H2/p+1. The molecule has 4 saturated carbocycles. The first-order chi connectivity index (χ1) is 15.4. The third-order valence-corrected chi connectivity index (χ3v) is 17.2. The van der Waals surface area contributed by atoms with Crippen LogP contribution in [0.5, 0.6) is 0 Å². The first kappa shape index (κ1) is 24.9. The second-order valence-electron chi connectivity index (χ2n) is 11.6. The van der Waals surface area contributed by atoms with Gasteiger partial charge in [0.05, 0.1) is 17.5 Å². The molecule has 0 aromatic heterocycles. The number of nitrogens with one attached hydrogen (secondary N) is 1. The molecule has 0 heterocycles. The molecule has 0 amide bonds. The Morgan fingerprint density at radius 2 is 0.935 bits per heavy atom. The summed E-state index contributed by atoms with van der Waals surface area (Å²) in [7, 11) is 0.149. The first-order valence-electron chi connectivity index (χ1n) is 14.7. The summed E-state index contributed by atoms with van der Waals surface area (Å²) in [6.07, 6.45) is 34.3. The van der Waals surface area contributed by atoms with Crippen LogP contribution in [0.25, 0.3) is 0 Å². The molecular weight excluding hydrogens is 412 g/mol. The fraction of sp³-hybridized carbons (Fsp3) is 1.00. The van der Waals surface area contributed by atoms with Gasteiger partial charge in [-0.25, -0.2) is 0 Å². The monoisotopic (exact) mass is 466 g/mol. The van der Waals surface area contributed by atoms with Gasteiger partial charge in [0.25, 0.3) is 0 Å². The lowest BCUT2D eigenvalue weighted by Crippen LogP contribution is -2.29. The maximum Gasteiger partial charge on any atom is 0.0701 e. The van der Waals surface area contributed by atoms with Crippen LogP contribution >= 0.6 is 15.8 Å². The number of hydrogen-bond donors (Lipinski definition) is 1. The Bertz CT molecular complexity index is 382. The SMILES string of the molecule is C1CCC(P(CCNCC[PH+](C2CCCCC2)C2CCCCC2)C2CCCCC2)CC1. The molecule has 0 radical (unpaired) electrons. The molecule has 31 heavy (non-hydrogen) atoms. The Kier molecular flexibility index (Phi) is 11.5. The predicted octanol–water partition coefficient (Wildman–Crippen LogP) is 8.60. The quantitative estimate of drug-likeness (QED) is 0.251. The van der Waals surface area contributed by atoms with Crippen LogP contribution in [0.2, 0.25) is 0 Å². The molecule has 4 fully saturated rings. The largest absolute Gasteiger partial charge is 0.313 e. The summed E-state index contributed by atoms with van der Waals surface area (Å²) in [4.78, 5) is 0. The van der Waals surface area contributed by atoms with Gasteiger partial charge in [0.15, 0.2) is 0 Å². The van der Waals surface area contributed by atoms with Gasteiger partial charge in [-0.2, -0.15) is 0 Å². The van der Waals surface area contributed by atoms with Crippen LogP contribution in [0.4, 0.5) is 0 Å². The fourth-order valence-electron chi connectivity index (χ4n) is 7.74. The maximum absolute atomic E-state index is 4.04. The summed E-state index contributed by atoms with van der Waals surface area (Å²) in [5.74, 6) is 0. The maximum atomic E-state index is 4.04. The van der Waals surface area contributed by atoms with Gasteiger partial charge in [-0.15, -0.1) is 0 Å². The van der Waals surface area contributed by atoms with Gasteiger partial charge in [0.1, 0.15) is 0 Å². The zero-order valence-corrected chi connectivity index (χ0v) is 22.6. The molecule has 180 valence electrons. The Balaban J connectivity index is 1.23. The van der Waals surface area contributed by atoms with Crippen molar-refractivity contribution in [3.05, 3.63) is 0 Å². The molecule has 0 aliphatic heterocycles. The van der Waals surface area contributed by atoms with E-state index in [2.05, 4.69) is 5.32 Å². The Morgan fingerprint density at radius 3 is 1.39 bits per heavy atom. The first-order valence-corrected chi connectivity index (χ1v) is 18.3. The van der Waals surface area contributed by atoms with Crippen LogP contribution in [0.3, 0.4) is 0 Å². The number of hydrogen-bond acceptors (Lipinski definition) is 1. The fourth-order valence-corrected chi connectivity index (χ4v) is 15.8. The average Bonchev–Trinajstić information content (AvgIpc) is 2.86. The van der Waals surface area contributed by atoms with Gasteiger partial charge in [-0.05, 0) is 101 Å². The van der Waals surface area contributed by atoms with Crippen LogP contribution in [0.15, 0.2) is 0 Å². The molecule has 4 rings (SSSR count). The van der Waals surface area contributed by atoms with Crippen LogP contribution < -0.4 is 5.32 Å². The van der Waals surface area contributed by atoms with Crippen molar-refractivity contribution in [2.24, 2.45) is 0 Å². The van der Waals surface area contributed by atoms with Crippen molar-refractivity contribution >= 4 is 15.8 Å². The van der Waals surface area contributed by atoms with Crippen molar-refractivity contribution in [1.82, 2.24) is 5.32 Å². The average molecular weight is 467 g/mol. The van der Waals surface area contributed by atoms with E-state index in [1.165, 1.54) is 75.8 Å². The van der Waals surface area contributed by atoms with Gasteiger partial charge < -0.3 is 5.32 Å². The minimum Gasteiger partial charge on any atom is -0.313 e. The minimum atomic E-state index is -0.144. The smallest absolute Gasteiger partial charge is 0.0701 e. The lowest BCUT2D eigenvalue weighted by Gasteiger charge is -2.38. The van der Waals surface area contributed by atoms with E-state index in [1.807, 2.05) is 0 Å². The normalized spacial score (nSPS) is 26.1. The van der Waals surface area contributed by atoms with Gasteiger partial charge >= 0.3 is 0 Å². The summed E-state index contributed by atoms with van der Waals surface area (Å²) in [6, 6.07) is 0. The lowest BCUT2D eigenvalue weighted by molar-refractivity contribution is 0.482. The molecule has 0 unspecified atom stereocenters. The van der Waals surface area contributed by atoms with Crippen molar-refractivity contribution in [3.8, 4) is 0 Å². The Labute approximate surface area is 197 Å². The summed E-state index contributed by atoms with van der Waals surface area (Å²) < 4.78 is 0. The summed E-state index contributed by atoms with van der Waals surface area (Å²) in [5.41, 5.74) is 4.62. The topological polar surface area (TPSA) is 12.0 Å². The van der Waals surface area contributed by atoms with Gasteiger partial charge in [-0.3, -0.25) is 0 Å². The molecule has 0 atom stereocenters. The molecule has 0 aromatic carbocycles. The zero-order chi connectivity index (χ0) is 21.1. The van der Waals surface area contributed by atoms with E-state index in [4.69, 9.17) is 0 Å². The molecule has 4 aliphatic rings. The zero-order valence-electron chi connectivity index (χ0n) is 20.7. The summed E-state index contributed by atoms with van der Waals surface area (Å²) in [6.45, 7) is 2.71. The van der Waals surface area contributed by atoms with Crippen LogP contribution in [0.1, 0.15) is 128 Å². The molecule has 0 bridgehead atoms. The van der Waals surface area contributed by atoms with E-state index in [-0.39, 0.29) is 7.92 Å². The molecule has 1 nitrogen and oxygen atoms in total. The predicted molar refractivity (Wildman–Crippen MR) is 145 cm³/mol.